The van der Waals surface area contributed by atoms with Gasteiger partial charge < -0.3 is 15.5 Å². The van der Waals surface area contributed by atoms with Crippen molar-refractivity contribution in [2.24, 2.45) is 0 Å². The Labute approximate surface area is 113 Å². The molecule has 0 aliphatic rings. The van der Waals surface area contributed by atoms with Crippen LogP contribution in [0.15, 0.2) is 29.6 Å². The second-order valence-electron chi connectivity index (χ2n) is 3.87. The van der Waals surface area contributed by atoms with Crippen molar-refractivity contribution in [1.82, 2.24) is 0 Å². The number of carbonyl (C=O) groups excluding carboxylic acids is 1. The minimum atomic E-state index is -1.09. The number of phenols is 1. The molecule has 0 bridgehead atoms. The number of phenolic OH excluding ortho intramolecular Hbond substituents is 1. The molecule has 1 aromatic heterocycles. The Bertz CT molecular complexity index is 648. The first kappa shape index (κ1) is 13.1. The molecule has 1 aromatic carbocycles. The lowest BCUT2D eigenvalue weighted by atomic mass is 10.1. The third kappa shape index (κ3) is 2.58. The van der Waals surface area contributed by atoms with E-state index in [0.29, 0.717) is 11.1 Å². The summed E-state index contributed by atoms with van der Waals surface area (Å²) in [7, 11) is 0. The van der Waals surface area contributed by atoms with E-state index in [4.69, 9.17) is 5.11 Å². The van der Waals surface area contributed by atoms with Crippen molar-refractivity contribution < 1.29 is 19.8 Å². The van der Waals surface area contributed by atoms with Gasteiger partial charge in [0.25, 0.3) is 5.91 Å². The van der Waals surface area contributed by atoms with Crippen LogP contribution >= 0.6 is 11.3 Å². The summed E-state index contributed by atoms with van der Waals surface area (Å²) in [5.41, 5.74) is 0.814. The Hall–Kier alpha value is -2.34. The van der Waals surface area contributed by atoms with Crippen LogP contribution in [0.5, 0.6) is 5.75 Å². The van der Waals surface area contributed by atoms with Gasteiger partial charge in [0, 0.05) is 11.1 Å². The third-order valence-corrected chi connectivity index (χ3v) is 3.50. The molecule has 0 aliphatic carbocycles. The number of carbonyl (C=O) groups is 2. The van der Waals surface area contributed by atoms with Gasteiger partial charge in [-0.15, -0.1) is 11.3 Å². The number of hydrogen-bond acceptors (Lipinski definition) is 4. The molecule has 5 nitrogen and oxygen atoms in total. The van der Waals surface area contributed by atoms with Crippen molar-refractivity contribution in [3.63, 3.8) is 0 Å². The monoisotopic (exact) mass is 277 g/mol. The zero-order valence-electron chi connectivity index (χ0n) is 10.0. The van der Waals surface area contributed by atoms with Gasteiger partial charge in [0.2, 0.25) is 0 Å². The van der Waals surface area contributed by atoms with Gasteiger partial charge in [0.15, 0.2) is 0 Å². The largest absolute Gasteiger partial charge is 0.508 e. The van der Waals surface area contributed by atoms with Crippen molar-refractivity contribution in [3.05, 3.63) is 46.3 Å². The zero-order valence-corrected chi connectivity index (χ0v) is 10.8. The number of carboxylic acid groups (broad SMARTS) is 1. The first-order valence-corrected chi connectivity index (χ1v) is 6.29. The fourth-order valence-electron chi connectivity index (χ4n) is 1.61. The van der Waals surface area contributed by atoms with Crippen molar-refractivity contribution in [3.8, 4) is 5.75 Å². The molecule has 2 rings (SSSR count). The first-order valence-electron chi connectivity index (χ1n) is 5.41. The van der Waals surface area contributed by atoms with Crippen LogP contribution in [-0.4, -0.2) is 22.1 Å². The van der Waals surface area contributed by atoms with Gasteiger partial charge in [-0.25, -0.2) is 4.79 Å². The van der Waals surface area contributed by atoms with Gasteiger partial charge in [0.1, 0.15) is 10.8 Å². The van der Waals surface area contributed by atoms with Gasteiger partial charge in [-0.2, -0.15) is 0 Å². The SMILES string of the molecule is Cc1c(O)cccc1C(=O)Nc1sccc1C(=O)O. The molecule has 6 heteroatoms. The highest BCUT2D eigenvalue weighted by atomic mass is 32.1. The molecule has 0 unspecified atom stereocenters. The van der Waals surface area contributed by atoms with Crippen LogP contribution in [-0.2, 0) is 0 Å². The second-order valence-corrected chi connectivity index (χ2v) is 4.79. The average molecular weight is 277 g/mol. The lowest BCUT2D eigenvalue weighted by Gasteiger charge is -2.08. The third-order valence-electron chi connectivity index (χ3n) is 2.67. The van der Waals surface area contributed by atoms with E-state index in [-0.39, 0.29) is 16.3 Å². The van der Waals surface area contributed by atoms with E-state index in [1.807, 2.05) is 0 Å². The number of carboxylic acids is 1. The highest BCUT2D eigenvalue weighted by molar-refractivity contribution is 7.14. The van der Waals surface area contributed by atoms with Crippen LogP contribution in [0.3, 0.4) is 0 Å². The molecule has 19 heavy (non-hydrogen) atoms. The number of nitrogens with one attached hydrogen (secondary N) is 1. The molecule has 0 spiro atoms. The standard InChI is InChI=1S/C13H11NO4S/c1-7-8(3-2-4-10(7)15)11(16)14-12-9(13(17)18)5-6-19-12/h2-6,15H,1H3,(H,14,16)(H,17,18). The van der Waals surface area contributed by atoms with Crippen molar-refractivity contribution in [2.45, 2.75) is 6.92 Å². The normalized spacial score (nSPS) is 10.2. The Morgan fingerprint density at radius 1 is 1.21 bits per heavy atom. The highest BCUT2D eigenvalue weighted by Crippen LogP contribution is 2.25. The fourth-order valence-corrected chi connectivity index (χ4v) is 2.39. The van der Waals surface area contributed by atoms with Crippen LogP contribution in [0.25, 0.3) is 0 Å². The number of aromatic carboxylic acids is 1. The molecule has 1 heterocycles. The smallest absolute Gasteiger partial charge is 0.338 e. The summed E-state index contributed by atoms with van der Waals surface area (Å²) in [6.07, 6.45) is 0. The Kier molecular flexibility index (Phi) is 3.52. The lowest BCUT2D eigenvalue weighted by Crippen LogP contribution is -2.14. The number of benzene rings is 1. The quantitative estimate of drug-likeness (QED) is 0.805. The number of hydrogen-bond donors (Lipinski definition) is 3. The molecule has 3 N–H and O–H groups in total. The maximum Gasteiger partial charge on any atom is 0.338 e. The van der Waals surface area contributed by atoms with Gasteiger partial charge in [-0.3, -0.25) is 4.79 Å². The number of rotatable bonds is 3. The molecule has 98 valence electrons. The average Bonchev–Trinajstić information content (AvgIpc) is 2.80. The summed E-state index contributed by atoms with van der Waals surface area (Å²) in [5, 5.41) is 22.9. The van der Waals surface area contributed by atoms with E-state index in [0.717, 1.165) is 11.3 Å². The molecule has 1 amide bonds. The van der Waals surface area contributed by atoms with Crippen molar-refractivity contribution in [1.29, 1.82) is 0 Å². The van der Waals surface area contributed by atoms with Crippen molar-refractivity contribution in [2.75, 3.05) is 5.32 Å². The summed E-state index contributed by atoms with van der Waals surface area (Å²) in [5.74, 6) is -1.51. The van der Waals surface area contributed by atoms with Crippen LogP contribution in [0, 0.1) is 6.92 Å². The van der Waals surface area contributed by atoms with Crippen LogP contribution < -0.4 is 5.32 Å². The van der Waals surface area contributed by atoms with E-state index in [1.165, 1.54) is 12.1 Å². The van der Waals surface area contributed by atoms with E-state index < -0.39 is 11.9 Å². The molecule has 0 saturated heterocycles. The van der Waals surface area contributed by atoms with Gasteiger partial charge >= 0.3 is 5.97 Å². The molecular formula is C13H11NO4S. The molecule has 0 atom stereocenters. The highest BCUT2D eigenvalue weighted by Gasteiger charge is 2.16. The summed E-state index contributed by atoms with van der Waals surface area (Å²) < 4.78 is 0. The van der Waals surface area contributed by atoms with E-state index in [2.05, 4.69) is 5.32 Å². The molecule has 0 saturated carbocycles. The predicted octanol–water partition coefficient (Wildman–Crippen LogP) is 2.71. The van der Waals surface area contributed by atoms with Gasteiger partial charge in [-0.05, 0) is 30.5 Å². The number of anilines is 1. The lowest BCUT2D eigenvalue weighted by molar-refractivity contribution is 0.0698. The van der Waals surface area contributed by atoms with Crippen LogP contribution in [0.2, 0.25) is 0 Å². The van der Waals surface area contributed by atoms with E-state index in [9.17, 15) is 14.7 Å². The van der Waals surface area contributed by atoms with E-state index in [1.54, 1.807) is 24.4 Å². The maximum atomic E-state index is 12.1. The Balaban J connectivity index is 2.29. The summed E-state index contributed by atoms with van der Waals surface area (Å²) in [6, 6.07) is 6.04. The van der Waals surface area contributed by atoms with Crippen LogP contribution in [0.1, 0.15) is 26.3 Å². The summed E-state index contributed by atoms with van der Waals surface area (Å²) >= 11 is 1.14. The van der Waals surface area contributed by atoms with Gasteiger partial charge in [-0.1, -0.05) is 6.07 Å². The summed E-state index contributed by atoms with van der Waals surface area (Å²) in [6.45, 7) is 1.62. The van der Waals surface area contributed by atoms with Crippen LogP contribution in [0.4, 0.5) is 5.00 Å². The van der Waals surface area contributed by atoms with E-state index >= 15 is 0 Å². The predicted molar refractivity (Wildman–Crippen MR) is 72.1 cm³/mol. The van der Waals surface area contributed by atoms with Gasteiger partial charge in [0.05, 0.1) is 5.56 Å². The molecule has 0 fully saturated rings. The number of amides is 1. The Morgan fingerprint density at radius 3 is 2.63 bits per heavy atom. The number of aromatic hydroxyl groups is 1. The fraction of sp³-hybridized carbons (Fsp3) is 0.0769. The minimum absolute atomic E-state index is 0.0253. The molecule has 0 radical (unpaired) electrons. The zero-order chi connectivity index (χ0) is 14.0. The molecule has 0 aliphatic heterocycles. The molecule has 2 aromatic rings. The maximum absolute atomic E-state index is 12.1. The second kappa shape index (κ2) is 5.11. The van der Waals surface area contributed by atoms with Crippen molar-refractivity contribution >= 4 is 28.2 Å². The topological polar surface area (TPSA) is 86.6 Å². The summed E-state index contributed by atoms with van der Waals surface area (Å²) in [4.78, 5) is 23.0. The Morgan fingerprint density at radius 2 is 1.95 bits per heavy atom. The minimum Gasteiger partial charge on any atom is -0.508 e. The molecular weight excluding hydrogens is 266 g/mol. The number of thiophene rings is 1. The first-order chi connectivity index (χ1) is 9.00.